The van der Waals surface area contributed by atoms with Crippen LogP contribution in [0.4, 0.5) is 0 Å². The molecular weight excluding hydrogens is 371 g/mol. The van der Waals surface area contributed by atoms with E-state index in [-0.39, 0.29) is 53.8 Å². The molecule has 44 valence electrons. The Morgan fingerprint density at radius 2 is 1.20 bits per heavy atom. The minimum absolute atomic E-state index is 0. The van der Waals surface area contributed by atoms with Gasteiger partial charge in [-0.1, -0.05) is 0 Å². The topological polar surface area (TPSA) is 17.1 Å². The summed E-state index contributed by atoms with van der Waals surface area (Å²) in [7, 11) is 0. The van der Waals surface area contributed by atoms with Crippen molar-refractivity contribution in [2.24, 2.45) is 0 Å². The summed E-state index contributed by atoms with van der Waals surface area (Å²) in [5.74, 6) is 0. The van der Waals surface area contributed by atoms with Gasteiger partial charge in [0.05, 0.1) is 0 Å². The normalized spacial score (nSPS) is 1.20. The van der Waals surface area contributed by atoms with Crippen molar-refractivity contribution in [3.63, 3.8) is 0 Å². The van der Waals surface area contributed by atoms with Crippen LogP contribution in [-0.2, 0) is 46.7 Å². The fourth-order valence-corrected chi connectivity index (χ4v) is 0. The molecule has 1 radical (unpaired) electrons. The van der Waals surface area contributed by atoms with Crippen LogP contribution in [0.3, 0.4) is 0 Å². The van der Waals surface area contributed by atoms with E-state index in [2.05, 4.69) is 0 Å². The summed E-state index contributed by atoms with van der Waals surface area (Å²) in [6, 6.07) is 0. The van der Waals surface area contributed by atoms with Crippen molar-refractivity contribution in [2.45, 2.75) is 0 Å². The summed E-state index contributed by atoms with van der Waals surface area (Å²) in [4.78, 5) is 0. The van der Waals surface area contributed by atoms with Crippen molar-refractivity contribution in [3.8, 4) is 0 Å². The average Bonchev–Trinajstić information content (AvgIpc) is 1.00. The predicted octanol–water partition coefficient (Wildman–Crippen LogP) is 0.944. The van der Waals surface area contributed by atoms with Crippen LogP contribution in [0.1, 0.15) is 0 Å². The van der Waals surface area contributed by atoms with Crippen LogP contribution < -0.4 is 0 Å². The van der Waals surface area contributed by atoms with E-state index < -0.39 is 0 Å². The molecule has 0 spiro atoms. The van der Waals surface area contributed by atoms with E-state index in [1.165, 1.54) is 0 Å². The Morgan fingerprint density at radius 3 is 1.20 bits per heavy atom. The predicted molar refractivity (Wildman–Crippen MR) is 22.5 cm³/mol. The standard InChI is InChI=1S/CH3.2Ag.HI.O/h1H3;;;1H;/q-1;;;;. The van der Waals surface area contributed by atoms with Crippen molar-refractivity contribution in [3.05, 3.63) is 7.43 Å². The second kappa shape index (κ2) is 37.3. The molecule has 0 N–H and O–H groups in total. The molecule has 0 fully saturated rings. The SMILES string of the molecule is I.[Ag].[CH3-].[O]=[Ag]. The van der Waals surface area contributed by atoms with Gasteiger partial charge in [0.2, 0.25) is 0 Å². The third-order valence-electron chi connectivity index (χ3n) is 0. The Bertz CT molecular complexity index is 9.61. The zero-order valence-corrected chi connectivity index (χ0v) is 7.71. The molecule has 0 bridgehead atoms. The van der Waals surface area contributed by atoms with Crippen LogP contribution in [-0.4, -0.2) is 0 Å². The molecule has 0 heterocycles. The van der Waals surface area contributed by atoms with Crippen molar-refractivity contribution in [1.29, 1.82) is 0 Å². The Morgan fingerprint density at radius 1 is 1.20 bits per heavy atom. The molecule has 0 unspecified atom stereocenters. The Hall–Kier alpha value is 2.01. The average molecular weight is 375 g/mol. The van der Waals surface area contributed by atoms with Gasteiger partial charge in [-0.05, 0) is 0 Å². The maximum absolute atomic E-state index is 8.06. The van der Waals surface area contributed by atoms with E-state index in [0.717, 1.165) is 0 Å². The molecule has 0 aromatic rings. The minimum atomic E-state index is 0. The molecule has 0 saturated heterocycles. The molecular formula is CH4Ag2IO-. The van der Waals surface area contributed by atoms with E-state index in [1.807, 2.05) is 0 Å². The number of hydrogen-bond donors (Lipinski definition) is 0. The van der Waals surface area contributed by atoms with Crippen LogP contribution in [0, 0.1) is 7.43 Å². The molecule has 0 atom stereocenters. The third-order valence-corrected chi connectivity index (χ3v) is 0. The fraction of sp³-hybridized carbons (Fsp3) is 0. The summed E-state index contributed by atoms with van der Waals surface area (Å²) in [5, 5.41) is 0. The summed E-state index contributed by atoms with van der Waals surface area (Å²) < 4.78 is 8.06. The van der Waals surface area contributed by atoms with Crippen molar-refractivity contribution in [1.82, 2.24) is 0 Å². The van der Waals surface area contributed by atoms with Gasteiger partial charge in [0.25, 0.3) is 0 Å². The molecule has 0 aliphatic heterocycles. The third kappa shape index (κ3) is 23.9. The quantitative estimate of drug-likeness (QED) is 0.350. The zero-order chi connectivity index (χ0) is 2.00. The molecule has 0 rings (SSSR count). The van der Waals surface area contributed by atoms with Gasteiger partial charge in [0.1, 0.15) is 0 Å². The van der Waals surface area contributed by atoms with Gasteiger partial charge in [-0.2, -0.15) is 0 Å². The first-order valence-corrected chi connectivity index (χ1v) is 0.728. The molecule has 0 saturated carbocycles. The molecule has 0 aliphatic carbocycles. The first-order valence-electron chi connectivity index (χ1n) is 0.123. The van der Waals surface area contributed by atoms with Gasteiger partial charge in [-0.15, -0.1) is 24.0 Å². The molecule has 0 aromatic heterocycles. The fourth-order valence-electron chi connectivity index (χ4n) is 0. The molecule has 5 heavy (non-hydrogen) atoms. The van der Waals surface area contributed by atoms with Crippen molar-refractivity contribution >= 4 is 24.0 Å². The summed E-state index contributed by atoms with van der Waals surface area (Å²) in [5.41, 5.74) is 0. The van der Waals surface area contributed by atoms with Gasteiger partial charge < -0.3 is 7.43 Å². The van der Waals surface area contributed by atoms with E-state index in [4.69, 9.17) is 3.25 Å². The molecule has 0 aromatic carbocycles. The maximum atomic E-state index is 8.06. The van der Waals surface area contributed by atoms with Crippen LogP contribution in [0.25, 0.3) is 0 Å². The first kappa shape index (κ1) is 27.9. The summed E-state index contributed by atoms with van der Waals surface area (Å²) in [6.07, 6.45) is 0. The summed E-state index contributed by atoms with van der Waals surface area (Å²) >= 11 is 1.70. The van der Waals surface area contributed by atoms with E-state index >= 15 is 0 Å². The molecule has 4 heteroatoms. The van der Waals surface area contributed by atoms with E-state index in [1.54, 1.807) is 21.0 Å². The van der Waals surface area contributed by atoms with Gasteiger partial charge in [-0.3, -0.25) is 0 Å². The van der Waals surface area contributed by atoms with Gasteiger partial charge in [0.15, 0.2) is 0 Å². The van der Waals surface area contributed by atoms with Crippen LogP contribution in [0.5, 0.6) is 0 Å². The van der Waals surface area contributed by atoms with E-state index in [9.17, 15) is 0 Å². The Kier molecular flexibility index (Phi) is 209. The second-order valence-electron chi connectivity index (χ2n) is 0. The first-order chi connectivity index (χ1) is 1.00. The number of halogens is 1. The van der Waals surface area contributed by atoms with Gasteiger partial charge in [-0.25, -0.2) is 0 Å². The molecule has 0 aliphatic rings. The van der Waals surface area contributed by atoms with Crippen molar-refractivity contribution in [2.75, 3.05) is 0 Å². The number of rotatable bonds is 0. The van der Waals surface area contributed by atoms with Crippen LogP contribution >= 0.6 is 24.0 Å². The van der Waals surface area contributed by atoms with Crippen LogP contribution in [0.2, 0.25) is 0 Å². The van der Waals surface area contributed by atoms with E-state index in [0.29, 0.717) is 0 Å². The van der Waals surface area contributed by atoms with Gasteiger partial charge in [0, 0.05) is 22.4 Å². The van der Waals surface area contributed by atoms with Crippen molar-refractivity contribution < 1.29 is 46.7 Å². The Labute approximate surface area is 77.1 Å². The summed E-state index contributed by atoms with van der Waals surface area (Å²) in [6.45, 7) is 0. The molecule has 0 amide bonds. The van der Waals surface area contributed by atoms with Gasteiger partial charge >= 0.3 is 24.3 Å². The zero-order valence-electron chi connectivity index (χ0n) is 2.42. The Balaban J connectivity index is -0.00000000167. The second-order valence-corrected chi connectivity index (χ2v) is 0. The monoisotopic (exact) mass is 373 g/mol. The number of hydrogen-bond acceptors (Lipinski definition) is 1. The van der Waals surface area contributed by atoms with Crippen LogP contribution in [0.15, 0.2) is 0 Å². The molecule has 1 nitrogen and oxygen atoms in total.